The molecule has 3 aromatic rings. The fourth-order valence-corrected chi connectivity index (χ4v) is 13.3. The average molecular weight is 471 g/mol. The van der Waals surface area contributed by atoms with Crippen LogP contribution in [0.4, 0.5) is 0 Å². The van der Waals surface area contributed by atoms with Crippen LogP contribution in [0.3, 0.4) is 0 Å². The van der Waals surface area contributed by atoms with E-state index in [9.17, 15) is 5.11 Å². The summed E-state index contributed by atoms with van der Waals surface area (Å²) < 4.78 is 0. The van der Waals surface area contributed by atoms with Gasteiger partial charge in [-0.3, -0.25) is 0 Å². The van der Waals surface area contributed by atoms with E-state index in [2.05, 4.69) is 134 Å². The van der Waals surface area contributed by atoms with Gasteiger partial charge in [0.25, 0.3) is 0 Å². The zero-order chi connectivity index (χ0) is 21.1. The molecule has 3 aromatic carbocycles. The van der Waals surface area contributed by atoms with Crippen molar-refractivity contribution in [3.8, 4) is 0 Å². The summed E-state index contributed by atoms with van der Waals surface area (Å²) in [6.07, 6.45) is 0.645. The molecule has 0 aliphatic rings. The second-order valence-electron chi connectivity index (χ2n) is 8.65. The molecule has 0 heterocycles. The first-order chi connectivity index (χ1) is 13.7. The zero-order valence-corrected chi connectivity index (χ0v) is 20.3. The number of benzene rings is 3. The Hall–Kier alpha value is -1.47. The molecular weight excluding hydrogens is 439 g/mol. The molecule has 0 bridgehead atoms. The number of hydrogen-bond donors (Lipinski definition) is 1. The molecule has 1 nitrogen and oxygen atoms in total. The van der Waals surface area contributed by atoms with E-state index in [1.807, 2.05) is 0 Å². The van der Waals surface area contributed by atoms with Gasteiger partial charge < -0.3 is 0 Å². The zero-order valence-electron chi connectivity index (χ0n) is 17.8. The predicted octanol–water partition coefficient (Wildman–Crippen LogP) is 5.87. The summed E-state index contributed by atoms with van der Waals surface area (Å²) in [6.45, 7) is 8.54. The summed E-state index contributed by atoms with van der Waals surface area (Å²) in [5.41, 5.74) is -0.831. The molecule has 0 atom stereocenters. The Morgan fingerprint density at radius 3 is 1.17 bits per heavy atom. The van der Waals surface area contributed by atoms with Crippen LogP contribution in [0.1, 0.15) is 27.7 Å². The number of rotatable bonds is 7. The Kier molecular flexibility index (Phi) is 6.39. The third-order valence-electron chi connectivity index (χ3n) is 6.43. The van der Waals surface area contributed by atoms with E-state index >= 15 is 0 Å². The summed E-state index contributed by atoms with van der Waals surface area (Å²) in [7, 11) is 0. The topological polar surface area (TPSA) is 20.2 Å². The molecule has 0 spiro atoms. The van der Waals surface area contributed by atoms with Gasteiger partial charge in [-0.05, 0) is 0 Å². The molecule has 0 radical (unpaired) electrons. The fraction of sp³-hybridized carbons (Fsp3) is 0.308. The van der Waals surface area contributed by atoms with E-state index in [-0.39, 0.29) is 11.8 Å². The SMILES string of the molecule is CC(C)C(O)(CP(Br)(c1ccccc1)(c1ccccc1)c1ccccc1)C(C)C. The van der Waals surface area contributed by atoms with Gasteiger partial charge in [0.15, 0.2) is 0 Å². The summed E-state index contributed by atoms with van der Waals surface area (Å²) in [5, 5.41) is 12.6. The quantitative estimate of drug-likeness (QED) is 0.428. The van der Waals surface area contributed by atoms with Gasteiger partial charge in [-0.2, -0.15) is 0 Å². The van der Waals surface area contributed by atoms with Crippen molar-refractivity contribution in [2.45, 2.75) is 33.3 Å². The molecule has 3 heteroatoms. The molecule has 3 rings (SSSR count). The number of aliphatic hydroxyl groups is 1. The van der Waals surface area contributed by atoms with Gasteiger partial charge in [-0.1, -0.05) is 0 Å². The first-order valence-electron chi connectivity index (χ1n) is 10.4. The Morgan fingerprint density at radius 2 is 0.931 bits per heavy atom. The Labute approximate surface area is 183 Å². The van der Waals surface area contributed by atoms with Crippen LogP contribution in [0.2, 0.25) is 0 Å². The van der Waals surface area contributed by atoms with E-state index in [4.69, 9.17) is 0 Å². The average Bonchev–Trinajstić information content (AvgIpc) is 2.75. The van der Waals surface area contributed by atoms with Crippen molar-refractivity contribution in [2.75, 3.05) is 6.16 Å². The molecular formula is C26H32BrOP. The monoisotopic (exact) mass is 470 g/mol. The molecule has 0 aliphatic carbocycles. The molecule has 29 heavy (non-hydrogen) atoms. The van der Waals surface area contributed by atoms with Crippen LogP contribution in [0, 0.1) is 11.8 Å². The minimum atomic E-state index is -3.14. The van der Waals surface area contributed by atoms with E-state index in [1.54, 1.807) is 0 Å². The van der Waals surface area contributed by atoms with Crippen molar-refractivity contribution < 1.29 is 5.11 Å². The van der Waals surface area contributed by atoms with Gasteiger partial charge in [0.2, 0.25) is 0 Å². The first kappa shape index (κ1) is 22.2. The summed E-state index contributed by atoms with van der Waals surface area (Å²) in [4.78, 5) is 0. The van der Waals surface area contributed by atoms with Crippen molar-refractivity contribution in [2.24, 2.45) is 11.8 Å². The summed E-state index contributed by atoms with van der Waals surface area (Å²) in [5.74, 6) is 0.246. The molecule has 0 saturated heterocycles. The molecule has 154 valence electrons. The van der Waals surface area contributed by atoms with Crippen LogP contribution in [-0.2, 0) is 0 Å². The van der Waals surface area contributed by atoms with Crippen LogP contribution in [0.15, 0.2) is 91.0 Å². The van der Waals surface area contributed by atoms with Crippen molar-refractivity contribution in [1.29, 1.82) is 0 Å². The van der Waals surface area contributed by atoms with Crippen molar-refractivity contribution in [1.82, 2.24) is 0 Å². The van der Waals surface area contributed by atoms with Gasteiger partial charge in [0, 0.05) is 0 Å². The van der Waals surface area contributed by atoms with E-state index in [0.29, 0.717) is 6.16 Å². The van der Waals surface area contributed by atoms with Crippen LogP contribution >= 0.6 is 20.8 Å². The van der Waals surface area contributed by atoms with Crippen LogP contribution in [-0.4, -0.2) is 16.9 Å². The Morgan fingerprint density at radius 1 is 0.655 bits per heavy atom. The number of hydrogen-bond acceptors (Lipinski definition) is 1. The van der Waals surface area contributed by atoms with Crippen molar-refractivity contribution in [3.63, 3.8) is 0 Å². The van der Waals surface area contributed by atoms with Crippen LogP contribution in [0.25, 0.3) is 0 Å². The molecule has 0 saturated carbocycles. The van der Waals surface area contributed by atoms with E-state index in [1.165, 1.54) is 15.9 Å². The third-order valence-corrected chi connectivity index (χ3v) is 16.1. The fourth-order valence-electron chi connectivity index (χ4n) is 4.45. The van der Waals surface area contributed by atoms with Gasteiger partial charge in [-0.15, -0.1) is 0 Å². The van der Waals surface area contributed by atoms with Gasteiger partial charge >= 0.3 is 184 Å². The standard InChI is InChI=1S/C26H32BrOP/c1-21(2)26(28,22(3)4)20-29(27,23-14-8-5-9-15-23,24-16-10-6-11-17-24)25-18-12-7-13-19-25/h5-19,21-22,28H,20H2,1-4H3. The molecule has 0 amide bonds. The summed E-state index contributed by atoms with van der Waals surface area (Å²) in [6, 6.07) is 32.1. The Bertz CT molecular complexity index is 815. The van der Waals surface area contributed by atoms with Gasteiger partial charge in [0.05, 0.1) is 0 Å². The molecule has 0 aromatic heterocycles. The minimum absolute atomic E-state index is 0.123. The Balaban J connectivity index is 2.45. The molecule has 1 N–H and O–H groups in total. The first-order valence-corrected chi connectivity index (χ1v) is 14.8. The van der Waals surface area contributed by atoms with Crippen molar-refractivity contribution >= 4 is 36.7 Å². The van der Waals surface area contributed by atoms with Crippen LogP contribution in [0.5, 0.6) is 0 Å². The van der Waals surface area contributed by atoms with Crippen LogP contribution < -0.4 is 15.9 Å². The summed E-state index contributed by atoms with van der Waals surface area (Å²) >= 11 is 4.46. The van der Waals surface area contributed by atoms with E-state index in [0.717, 1.165) is 0 Å². The van der Waals surface area contributed by atoms with Gasteiger partial charge in [-0.25, -0.2) is 0 Å². The number of halogens is 1. The maximum absolute atomic E-state index is 12.1. The predicted molar refractivity (Wildman–Crippen MR) is 134 cm³/mol. The molecule has 0 fully saturated rings. The van der Waals surface area contributed by atoms with E-state index < -0.39 is 10.9 Å². The normalized spacial score (nSPS) is 14.0. The molecule has 0 unspecified atom stereocenters. The second kappa shape index (κ2) is 8.34. The second-order valence-corrected chi connectivity index (χ2v) is 17.6. The van der Waals surface area contributed by atoms with Crippen molar-refractivity contribution in [3.05, 3.63) is 91.0 Å². The molecule has 0 aliphatic heterocycles. The van der Waals surface area contributed by atoms with Gasteiger partial charge in [0.1, 0.15) is 0 Å². The third kappa shape index (κ3) is 3.72. The maximum atomic E-state index is 12.1.